The summed E-state index contributed by atoms with van der Waals surface area (Å²) < 4.78 is 41.5. The average Bonchev–Trinajstić information content (AvgIpc) is 2.99. The van der Waals surface area contributed by atoms with Crippen LogP contribution < -0.4 is 20.7 Å². The number of halogens is 3. The van der Waals surface area contributed by atoms with Crippen molar-refractivity contribution < 1.29 is 22.7 Å². The Morgan fingerprint density at radius 3 is 2.26 bits per heavy atom. The molecule has 1 aromatic heterocycles. The fraction of sp³-hybridized carbons (Fsp3) is 0.343. The first kappa shape index (κ1) is 34.4. The average molecular weight is 635 g/mol. The fourth-order valence-corrected chi connectivity index (χ4v) is 4.79. The summed E-state index contributed by atoms with van der Waals surface area (Å²) in [4.78, 5) is 24.5. The van der Waals surface area contributed by atoms with Crippen molar-refractivity contribution >= 4 is 23.2 Å². The van der Waals surface area contributed by atoms with Crippen molar-refractivity contribution in [2.45, 2.75) is 66.5 Å². The summed E-state index contributed by atoms with van der Waals surface area (Å²) >= 11 is 0. The van der Waals surface area contributed by atoms with E-state index in [2.05, 4.69) is 69.3 Å². The van der Waals surface area contributed by atoms with Crippen molar-refractivity contribution in [1.29, 1.82) is 0 Å². The number of benzene rings is 3. The monoisotopic (exact) mass is 634 g/mol. The lowest BCUT2D eigenvalue weighted by Gasteiger charge is -2.27. The summed E-state index contributed by atoms with van der Waals surface area (Å²) in [6.45, 7) is 15.1. The number of aromatic nitrogens is 2. The van der Waals surface area contributed by atoms with Crippen molar-refractivity contribution in [1.82, 2.24) is 20.2 Å². The molecule has 1 heterocycles. The van der Waals surface area contributed by atoms with E-state index in [-0.39, 0.29) is 11.7 Å². The van der Waals surface area contributed by atoms with Crippen LogP contribution in [0.2, 0.25) is 0 Å². The highest BCUT2D eigenvalue weighted by atomic mass is 19.4. The van der Waals surface area contributed by atoms with Gasteiger partial charge in [-0.3, -0.25) is 9.69 Å². The third-order valence-electron chi connectivity index (χ3n) is 7.35. The maximum atomic E-state index is 13.2. The minimum atomic E-state index is -4.76. The molecule has 0 unspecified atom stereocenters. The van der Waals surface area contributed by atoms with Crippen molar-refractivity contribution in [3.8, 4) is 17.0 Å². The second-order valence-corrected chi connectivity index (χ2v) is 11.8. The van der Waals surface area contributed by atoms with Gasteiger partial charge in [0.05, 0.1) is 5.69 Å². The molecule has 0 radical (unpaired) electrons. The molecule has 244 valence electrons. The molecule has 46 heavy (non-hydrogen) atoms. The number of carbonyl (C=O) groups excluding carboxylic acids is 1. The van der Waals surface area contributed by atoms with E-state index in [4.69, 9.17) is 0 Å². The number of hydrogen-bond donors (Lipinski definition) is 3. The molecule has 4 aromatic rings. The molecule has 0 bridgehead atoms. The minimum absolute atomic E-state index is 0.222. The molecule has 1 amide bonds. The fourth-order valence-electron chi connectivity index (χ4n) is 4.79. The van der Waals surface area contributed by atoms with Gasteiger partial charge in [0.1, 0.15) is 5.75 Å². The number of aryl methyl sites for hydroxylation is 2. The number of nitrogens with zero attached hydrogens (tertiary/aromatic N) is 3. The zero-order valence-electron chi connectivity index (χ0n) is 27.0. The lowest BCUT2D eigenvalue weighted by molar-refractivity contribution is -0.274. The van der Waals surface area contributed by atoms with Gasteiger partial charge in [-0.05, 0) is 99.0 Å². The van der Waals surface area contributed by atoms with Gasteiger partial charge in [0.15, 0.2) is 0 Å². The number of carbonyl (C=O) groups is 1. The molecule has 0 saturated heterocycles. The third-order valence-corrected chi connectivity index (χ3v) is 7.35. The van der Waals surface area contributed by atoms with Crippen molar-refractivity contribution in [2.75, 3.05) is 23.7 Å². The Morgan fingerprint density at radius 2 is 1.63 bits per heavy atom. The van der Waals surface area contributed by atoms with Gasteiger partial charge in [-0.2, -0.15) is 0 Å². The predicted molar refractivity (Wildman–Crippen MR) is 176 cm³/mol. The van der Waals surface area contributed by atoms with E-state index in [1.54, 1.807) is 30.5 Å². The molecule has 8 nitrogen and oxygen atoms in total. The molecular weight excluding hydrogens is 593 g/mol. The second kappa shape index (κ2) is 15.2. The number of anilines is 3. The van der Waals surface area contributed by atoms with E-state index in [0.29, 0.717) is 40.5 Å². The van der Waals surface area contributed by atoms with Crippen LogP contribution in [-0.2, 0) is 6.54 Å². The maximum absolute atomic E-state index is 13.2. The van der Waals surface area contributed by atoms with Gasteiger partial charge in [0.2, 0.25) is 5.95 Å². The predicted octanol–water partition coefficient (Wildman–Crippen LogP) is 7.86. The lowest BCUT2D eigenvalue weighted by atomic mass is 10.1. The zero-order chi connectivity index (χ0) is 33.4. The summed E-state index contributed by atoms with van der Waals surface area (Å²) in [6, 6.07) is 19.4. The van der Waals surface area contributed by atoms with E-state index in [1.165, 1.54) is 24.3 Å². The number of hydrogen-bond acceptors (Lipinski definition) is 7. The SMILES string of the molecule is Cc1ccc(CN(CCNC(C)C)C(C)C)cc1NC(=O)c1ccc(Nc2ncc(C)c(-c3ccc(OC(F)(F)F)cc3)n2)cc1. The molecule has 0 fully saturated rings. The van der Waals surface area contributed by atoms with Gasteiger partial charge in [-0.1, -0.05) is 26.0 Å². The highest BCUT2D eigenvalue weighted by Crippen LogP contribution is 2.28. The number of ether oxygens (including phenoxy) is 1. The number of alkyl halides is 3. The zero-order valence-corrected chi connectivity index (χ0v) is 27.0. The number of nitrogens with one attached hydrogen (secondary N) is 3. The van der Waals surface area contributed by atoms with E-state index in [1.807, 2.05) is 26.0 Å². The molecule has 11 heteroatoms. The molecule has 0 aliphatic carbocycles. The van der Waals surface area contributed by atoms with Crippen LogP contribution in [0.25, 0.3) is 11.3 Å². The summed E-state index contributed by atoms with van der Waals surface area (Å²) in [5.74, 6) is -0.229. The maximum Gasteiger partial charge on any atom is 0.573 e. The largest absolute Gasteiger partial charge is 0.573 e. The third kappa shape index (κ3) is 10.0. The lowest BCUT2D eigenvalue weighted by Crippen LogP contribution is -2.38. The summed E-state index contributed by atoms with van der Waals surface area (Å²) in [7, 11) is 0. The normalized spacial score (nSPS) is 11.7. The van der Waals surface area contributed by atoms with Crippen LogP contribution in [0.5, 0.6) is 5.75 Å². The minimum Gasteiger partial charge on any atom is -0.406 e. The molecule has 0 spiro atoms. The topological polar surface area (TPSA) is 91.4 Å². The Hall–Kier alpha value is -4.48. The number of rotatable bonds is 13. The van der Waals surface area contributed by atoms with E-state index < -0.39 is 6.36 Å². The molecule has 4 rings (SSSR count). The first-order valence-electron chi connectivity index (χ1n) is 15.2. The van der Waals surface area contributed by atoms with Crippen LogP contribution in [0, 0.1) is 13.8 Å². The summed E-state index contributed by atoms with van der Waals surface area (Å²) in [5.41, 5.74) is 5.96. The van der Waals surface area contributed by atoms with Gasteiger partial charge in [-0.15, -0.1) is 13.2 Å². The van der Waals surface area contributed by atoms with Crippen molar-refractivity contribution in [3.05, 3.63) is 95.2 Å². The molecule has 0 atom stereocenters. The van der Waals surface area contributed by atoms with Gasteiger partial charge in [-0.25, -0.2) is 9.97 Å². The van der Waals surface area contributed by atoms with Gasteiger partial charge < -0.3 is 20.7 Å². The van der Waals surface area contributed by atoms with Crippen LogP contribution in [0.15, 0.2) is 72.9 Å². The Balaban J connectivity index is 1.40. The molecule has 3 aromatic carbocycles. The van der Waals surface area contributed by atoms with Crippen LogP contribution in [-0.4, -0.2) is 52.3 Å². The summed E-state index contributed by atoms with van der Waals surface area (Å²) in [5, 5.41) is 9.66. The Morgan fingerprint density at radius 1 is 0.935 bits per heavy atom. The van der Waals surface area contributed by atoms with Crippen molar-refractivity contribution in [2.24, 2.45) is 0 Å². The highest BCUT2D eigenvalue weighted by molar-refractivity contribution is 6.04. The van der Waals surface area contributed by atoms with E-state index in [9.17, 15) is 18.0 Å². The Labute approximate surface area is 268 Å². The molecule has 0 saturated carbocycles. The first-order chi connectivity index (χ1) is 21.8. The van der Waals surface area contributed by atoms with Crippen molar-refractivity contribution in [3.63, 3.8) is 0 Å². The van der Waals surface area contributed by atoms with Crippen LogP contribution in [0.4, 0.5) is 30.5 Å². The molecule has 3 N–H and O–H groups in total. The highest BCUT2D eigenvalue weighted by Gasteiger charge is 2.31. The standard InChI is InChI=1S/C35H41F3N6O2/c1-22(2)39-17-18-44(23(3)4)21-26-8-7-24(5)31(19-26)42-33(45)28-9-13-29(14-10-28)41-34-40-20-25(6)32(43-34)27-11-15-30(16-12-27)46-35(36,37)38/h7-16,19-20,22-23,39H,17-18,21H2,1-6H3,(H,42,45)(H,40,41,43). The molecular formula is C35H41F3N6O2. The van der Waals surface area contributed by atoms with E-state index in [0.717, 1.165) is 42.0 Å². The Kier molecular flexibility index (Phi) is 11.4. The van der Waals surface area contributed by atoms with Gasteiger partial charge in [0, 0.05) is 60.4 Å². The van der Waals surface area contributed by atoms with E-state index >= 15 is 0 Å². The first-order valence-corrected chi connectivity index (χ1v) is 15.2. The molecule has 0 aliphatic rings. The second-order valence-electron chi connectivity index (χ2n) is 11.8. The summed E-state index contributed by atoms with van der Waals surface area (Å²) in [6.07, 6.45) is -3.13. The quantitative estimate of drug-likeness (QED) is 0.138. The molecule has 0 aliphatic heterocycles. The Bertz CT molecular complexity index is 1610. The smallest absolute Gasteiger partial charge is 0.406 e. The number of amides is 1. The van der Waals surface area contributed by atoms with Gasteiger partial charge >= 0.3 is 6.36 Å². The van der Waals surface area contributed by atoms with Crippen LogP contribution in [0.3, 0.4) is 0 Å². The van der Waals surface area contributed by atoms with Crippen LogP contribution in [0.1, 0.15) is 54.7 Å². The van der Waals surface area contributed by atoms with Gasteiger partial charge in [0.25, 0.3) is 5.91 Å². The van der Waals surface area contributed by atoms with Crippen LogP contribution >= 0.6 is 0 Å².